The van der Waals surface area contributed by atoms with Gasteiger partial charge in [0.25, 0.3) is 0 Å². The second-order valence-corrected chi connectivity index (χ2v) is 6.99. The van der Waals surface area contributed by atoms with E-state index in [2.05, 4.69) is 9.88 Å². The standard InChI is InChI=1S/C20H21Cl2N3O/c1-3-16(23-19(26)4-2)20-24-17-7-5-6-8-18(17)25(20)12-13-9-10-14(21)15(22)11-13/h5-11,16H,3-4,12H2,1-2H3,(H,23,26). The summed E-state index contributed by atoms with van der Waals surface area (Å²) in [6.45, 7) is 4.50. The molecule has 1 heterocycles. The Kier molecular flexibility index (Phi) is 5.84. The summed E-state index contributed by atoms with van der Waals surface area (Å²) in [5.41, 5.74) is 2.96. The van der Waals surface area contributed by atoms with Gasteiger partial charge in [-0.15, -0.1) is 0 Å². The molecule has 0 aliphatic heterocycles. The van der Waals surface area contributed by atoms with E-state index in [-0.39, 0.29) is 11.9 Å². The van der Waals surface area contributed by atoms with Crippen molar-refractivity contribution in [3.05, 3.63) is 63.9 Å². The van der Waals surface area contributed by atoms with Crippen molar-refractivity contribution in [2.75, 3.05) is 0 Å². The normalized spacial score (nSPS) is 12.3. The van der Waals surface area contributed by atoms with Crippen molar-refractivity contribution >= 4 is 40.1 Å². The monoisotopic (exact) mass is 389 g/mol. The van der Waals surface area contributed by atoms with Gasteiger partial charge in [0, 0.05) is 13.0 Å². The molecule has 26 heavy (non-hydrogen) atoms. The van der Waals surface area contributed by atoms with E-state index in [0.29, 0.717) is 23.0 Å². The van der Waals surface area contributed by atoms with E-state index in [0.717, 1.165) is 28.8 Å². The number of nitrogens with zero attached hydrogens (tertiary/aromatic N) is 2. The summed E-state index contributed by atoms with van der Waals surface area (Å²) in [6.07, 6.45) is 1.21. The highest BCUT2D eigenvalue weighted by Crippen LogP contribution is 2.27. The Balaban J connectivity index is 2.06. The molecule has 0 spiro atoms. The van der Waals surface area contributed by atoms with E-state index in [9.17, 15) is 4.79 Å². The summed E-state index contributed by atoms with van der Waals surface area (Å²) in [7, 11) is 0. The molecule has 0 saturated carbocycles. The number of benzene rings is 2. The van der Waals surface area contributed by atoms with Crippen LogP contribution in [0.5, 0.6) is 0 Å². The number of amides is 1. The first kappa shape index (κ1) is 18.7. The molecule has 0 aliphatic rings. The zero-order valence-corrected chi connectivity index (χ0v) is 16.3. The molecule has 1 unspecified atom stereocenters. The van der Waals surface area contributed by atoms with E-state index in [4.69, 9.17) is 28.2 Å². The van der Waals surface area contributed by atoms with E-state index in [1.807, 2.05) is 50.2 Å². The van der Waals surface area contributed by atoms with Crippen LogP contribution in [-0.2, 0) is 11.3 Å². The number of imidazole rings is 1. The first-order valence-electron chi connectivity index (χ1n) is 8.72. The first-order chi connectivity index (χ1) is 12.5. The van der Waals surface area contributed by atoms with Crippen molar-refractivity contribution < 1.29 is 4.79 Å². The van der Waals surface area contributed by atoms with Gasteiger partial charge in [-0.2, -0.15) is 0 Å². The Morgan fingerprint density at radius 1 is 1.15 bits per heavy atom. The second kappa shape index (κ2) is 8.11. The fourth-order valence-corrected chi connectivity index (χ4v) is 3.31. The van der Waals surface area contributed by atoms with Gasteiger partial charge in [-0.25, -0.2) is 4.98 Å². The largest absolute Gasteiger partial charge is 0.346 e. The van der Waals surface area contributed by atoms with E-state index in [1.165, 1.54) is 0 Å². The predicted molar refractivity (Wildman–Crippen MR) is 107 cm³/mol. The topological polar surface area (TPSA) is 46.9 Å². The zero-order chi connectivity index (χ0) is 18.7. The van der Waals surface area contributed by atoms with Crippen LogP contribution in [0, 0.1) is 0 Å². The van der Waals surface area contributed by atoms with Crippen LogP contribution in [0.1, 0.15) is 44.1 Å². The van der Waals surface area contributed by atoms with Crippen LogP contribution in [0.2, 0.25) is 10.0 Å². The van der Waals surface area contributed by atoms with Gasteiger partial charge < -0.3 is 9.88 Å². The molecule has 6 heteroatoms. The van der Waals surface area contributed by atoms with Crippen molar-refractivity contribution in [2.24, 2.45) is 0 Å². The lowest BCUT2D eigenvalue weighted by molar-refractivity contribution is -0.121. The molecule has 0 radical (unpaired) electrons. The van der Waals surface area contributed by atoms with Crippen molar-refractivity contribution in [3.8, 4) is 0 Å². The van der Waals surface area contributed by atoms with Gasteiger partial charge in [0.1, 0.15) is 5.82 Å². The number of hydrogen-bond acceptors (Lipinski definition) is 2. The maximum Gasteiger partial charge on any atom is 0.220 e. The molecule has 0 fully saturated rings. The fourth-order valence-electron chi connectivity index (χ4n) is 2.99. The number of halogens is 2. The van der Waals surface area contributed by atoms with E-state index < -0.39 is 0 Å². The van der Waals surface area contributed by atoms with Crippen LogP contribution in [0.3, 0.4) is 0 Å². The summed E-state index contributed by atoms with van der Waals surface area (Å²) >= 11 is 12.2. The second-order valence-electron chi connectivity index (χ2n) is 6.18. The van der Waals surface area contributed by atoms with Crippen LogP contribution < -0.4 is 5.32 Å². The molecule has 0 bridgehead atoms. The number of carbonyl (C=O) groups excluding carboxylic acids is 1. The highest BCUT2D eigenvalue weighted by atomic mass is 35.5. The Morgan fingerprint density at radius 3 is 2.62 bits per heavy atom. The van der Waals surface area contributed by atoms with Crippen LogP contribution in [0.25, 0.3) is 11.0 Å². The van der Waals surface area contributed by atoms with Crippen LogP contribution in [0.4, 0.5) is 0 Å². The number of hydrogen-bond donors (Lipinski definition) is 1. The number of fused-ring (bicyclic) bond motifs is 1. The fraction of sp³-hybridized carbons (Fsp3) is 0.300. The predicted octanol–water partition coefficient (Wildman–Crippen LogP) is 5.37. The summed E-state index contributed by atoms with van der Waals surface area (Å²) in [5, 5.41) is 4.13. The molecule has 1 atom stereocenters. The average Bonchev–Trinajstić information content (AvgIpc) is 3.01. The maximum atomic E-state index is 11.9. The molecular formula is C20H21Cl2N3O. The van der Waals surface area contributed by atoms with Crippen molar-refractivity contribution in [1.29, 1.82) is 0 Å². The van der Waals surface area contributed by atoms with Gasteiger partial charge >= 0.3 is 0 Å². The van der Waals surface area contributed by atoms with Gasteiger partial charge in [0.15, 0.2) is 0 Å². The van der Waals surface area contributed by atoms with Crippen LogP contribution in [-0.4, -0.2) is 15.5 Å². The summed E-state index contributed by atoms with van der Waals surface area (Å²) in [5.74, 6) is 0.867. The summed E-state index contributed by atoms with van der Waals surface area (Å²) < 4.78 is 2.14. The quantitative estimate of drug-likeness (QED) is 0.615. The summed E-state index contributed by atoms with van der Waals surface area (Å²) in [6, 6.07) is 13.5. The number of rotatable bonds is 6. The number of carbonyl (C=O) groups is 1. The minimum absolute atomic E-state index is 0.0185. The Labute approximate surface area is 163 Å². The Hall–Kier alpha value is -2.04. The Morgan fingerprint density at radius 2 is 1.92 bits per heavy atom. The lowest BCUT2D eigenvalue weighted by Crippen LogP contribution is -2.29. The smallest absolute Gasteiger partial charge is 0.220 e. The van der Waals surface area contributed by atoms with Crippen molar-refractivity contribution in [2.45, 2.75) is 39.3 Å². The molecule has 4 nitrogen and oxygen atoms in total. The molecule has 136 valence electrons. The third-order valence-electron chi connectivity index (χ3n) is 4.39. The van der Waals surface area contributed by atoms with Gasteiger partial charge in [0.2, 0.25) is 5.91 Å². The highest BCUT2D eigenvalue weighted by molar-refractivity contribution is 6.42. The average molecular weight is 390 g/mol. The molecule has 0 aliphatic carbocycles. The third kappa shape index (κ3) is 3.87. The van der Waals surface area contributed by atoms with Crippen molar-refractivity contribution in [3.63, 3.8) is 0 Å². The zero-order valence-electron chi connectivity index (χ0n) is 14.8. The lowest BCUT2D eigenvalue weighted by Gasteiger charge is -2.19. The SMILES string of the molecule is CCC(=O)NC(CC)c1nc2ccccc2n1Cc1ccc(Cl)c(Cl)c1. The van der Waals surface area contributed by atoms with E-state index >= 15 is 0 Å². The van der Waals surface area contributed by atoms with Crippen LogP contribution >= 0.6 is 23.2 Å². The minimum Gasteiger partial charge on any atom is -0.346 e. The maximum absolute atomic E-state index is 11.9. The molecule has 1 amide bonds. The first-order valence-corrected chi connectivity index (χ1v) is 9.47. The number of nitrogens with one attached hydrogen (secondary N) is 1. The summed E-state index contributed by atoms with van der Waals surface area (Å²) in [4.78, 5) is 16.7. The molecule has 0 saturated heterocycles. The molecule has 1 aromatic heterocycles. The van der Waals surface area contributed by atoms with Crippen molar-refractivity contribution in [1.82, 2.24) is 14.9 Å². The highest BCUT2D eigenvalue weighted by Gasteiger charge is 2.20. The minimum atomic E-state index is -0.141. The lowest BCUT2D eigenvalue weighted by atomic mass is 10.1. The Bertz CT molecular complexity index is 936. The molecule has 2 aromatic carbocycles. The molecule has 1 N–H and O–H groups in total. The third-order valence-corrected chi connectivity index (χ3v) is 5.12. The van der Waals surface area contributed by atoms with E-state index in [1.54, 1.807) is 6.07 Å². The molecular weight excluding hydrogens is 369 g/mol. The van der Waals surface area contributed by atoms with Gasteiger partial charge in [0.05, 0.1) is 27.1 Å². The van der Waals surface area contributed by atoms with Gasteiger partial charge in [-0.3, -0.25) is 4.79 Å². The molecule has 3 aromatic rings. The number of para-hydroxylation sites is 2. The number of aromatic nitrogens is 2. The van der Waals surface area contributed by atoms with Gasteiger partial charge in [-0.05, 0) is 36.2 Å². The van der Waals surface area contributed by atoms with Crippen LogP contribution in [0.15, 0.2) is 42.5 Å². The molecule has 3 rings (SSSR count). The van der Waals surface area contributed by atoms with Gasteiger partial charge in [-0.1, -0.05) is 55.2 Å².